The summed E-state index contributed by atoms with van der Waals surface area (Å²) >= 11 is 0. The van der Waals surface area contributed by atoms with Crippen molar-refractivity contribution in [1.82, 2.24) is 0 Å². The van der Waals surface area contributed by atoms with Crippen LogP contribution in [0.3, 0.4) is 0 Å². The first-order chi connectivity index (χ1) is 11.9. The third kappa shape index (κ3) is 4.02. The maximum atomic E-state index is 9.21. The molecule has 3 aromatic carbocycles. The summed E-state index contributed by atoms with van der Waals surface area (Å²) in [4.78, 5) is 0. The number of hydrogen-bond donors (Lipinski definition) is 0. The van der Waals surface area contributed by atoms with Gasteiger partial charge in [0.15, 0.2) is 0 Å². The van der Waals surface area contributed by atoms with Gasteiger partial charge in [-0.15, -0.1) is 0 Å². The standard InChI is InChI=1S/C22H19NO/c23-16-21-12-5-4-10-19(21)14-15-20-11-6-7-13-22(20)24-17-18-8-2-1-3-9-18/h1-13H,14-15,17H2. The predicted octanol–water partition coefficient (Wildman–Crippen LogP) is 4.92. The fraction of sp³-hybridized carbons (Fsp3) is 0.136. The summed E-state index contributed by atoms with van der Waals surface area (Å²) in [6.45, 7) is 0.562. The number of hydrogen-bond acceptors (Lipinski definition) is 2. The molecule has 0 amide bonds. The highest BCUT2D eigenvalue weighted by atomic mass is 16.5. The van der Waals surface area contributed by atoms with Crippen LogP contribution in [0.15, 0.2) is 78.9 Å². The van der Waals surface area contributed by atoms with Gasteiger partial charge in [0.2, 0.25) is 0 Å². The predicted molar refractivity (Wildman–Crippen MR) is 95.8 cm³/mol. The number of benzene rings is 3. The van der Waals surface area contributed by atoms with E-state index in [0.29, 0.717) is 6.61 Å². The second kappa shape index (κ2) is 7.99. The Hall–Kier alpha value is -3.05. The van der Waals surface area contributed by atoms with E-state index in [0.717, 1.165) is 35.3 Å². The number of nitrogens with zero attached hydrogens (tertiary/aromatic N) is 1. The van der Waals surface area contributed by atoms with Crippen molar-refractivity contribution in [3.8, 4) is 11.8 Å². The van der Waals surface area contributed by atoms with Gasteiger partial charge >= 0.3 is 0 Å². The van der Waals surface area contributed by atoms with Crippen LogP contribution in [0, 0.1) is 11.3 Å². The molecule has 0 fully saturated rings. The molecular formula is C22H19NO. The van der Waals surface area contributed by atoms with Gasteiger partial charge in [-0.1, -0.05) is 66.7 Å². The van der Waals surface area contributed by atoms with Gasteiger partial charge in [0.05, 0.1) is 11.6 Å². The zero-order chi connectivity index (χ0) is 16.6. The molecule has 0 bridgehead atoms. The SMILES string of the molecule is N#Cc1ccccc1CCc1ccccc1OCc1ccccc1. The molecule has 0 atom stereocenters. The maximum Gasteiger partial charge on any atom is 0.123 e. The van der Waals surface area contributed by atoms with Gasteiger partial charge in [-0.05, 0) is 41.7 Å². The maximum absolute atomic E-state index is 9.21. The fourth-order valence-corrected chi connectivity index (χ4v) is 2.70. The molecule has 0 aliphatic carbocycles. The summed E-state index contributed by atoms with van der Waals surface area (Å²) in [5, 5.41) is 9.21. The van der Waals surface area contributed by atoms with E-state index in [2.05, 4.69) is 24.3 Å². The van der Waals surface area contributed by atoms with Crippen LogP contribution < -0.4 is 4.74 Å². The molecule has 24 heavy (non-hydrogen) atoms. The van der Waals surface area contributed by atoms with E-state index in [4.69, 9.17) is 4.74 Å². The molecular weight excluding hydrogens is 294 g/mol. The van der Waals surface area contributed by atoms with E-state index in [9.17, 15) is 5.26 Å². The lowest BCUT2D eigenvalue weighted by Gasteiger charge is -2.12. The second-order valence-electron chi connectivity index (χ2n) is 5.65. The molecule has 118 valence electrons. The Morgan fingerprint density at radius 1 is 0.708 bits per heavy atom. The highest BCUT2D eigenvalue weighted by Crippen LogP contribution is 2.22. The Morgan fingerprint density at radius 3 is 2.12 bits per heavy atom. The van der Waals surface area contributed by atoms with Crippen molar-refractivity contribution in [1.29, 1.82) is 5.26 Å². The molecule has 0 N–H and O–H groups in total. The molecule has 0 saturated heterocycles. The zero-order valence-electron chi connectivity index (χ0n) is 13.5. The van der Waals surface area contributed by atoms with E-state index in [-0.39, 0.29) is 0 Å². The van der Waals surface area contributed by atoms with Crippen LogP contribution in [0.2, 0.25) is 0 Å². The third-order valence-electron chi connectivity index (χ3n) is 4.01. The van der Waals surface area contributed by atoms with Crippen LogP contribution in [0.5, 0.6) is 5.75 Å². The van der Waals surface area contributed by atoms with E-state index >= 15 is 0 Å². The number of nitriles is 1. The lowest BCUT2D eigenvalue weighted by molar-refractivity contribution is 0.303. The summed E-state index contributed by atoms with van der Waals surface area (Å²) in [7, 11) is 0. The van der Waals surface area contributed by atoms with E-state index in [1.165, 1.54) is 5.56 Å². The largest absolute Gasteiger partial charge is 0.489 e. The average Bonchev–Trinajstić information content (AvgIpc) is 2.66. The molecule has 3 aromatic rings. The quantitative estimate of drug-likeness (QED) is 0.647. The third-order valence-corrected chi connectivity index (χ3v) is 4.01. The molecule has 0 radical (unpaired) electrons. The molecule has 2 heteroatoms. The van der Waals surface area contributed by atoms with Crippen LogP contribution >= 0.6 is 0 Å². The highest BCUT2D eigenvalue weighted by molar-refractivity contribution is 5.39. The molecule has 0 unspecified atom stereocenters. The Kier molecular flexibility index (Phi) is 5.27. The molecule has 0 spiro atoms. The summed E-state index contributed by atoms with van der Waals surface area (Å²) < 4.78 is 6.00. The molecule has 0 aliphatic rings. The van der Waals surface area contributed by atoms with Crippen molar-refractivity contribution in [2.45, 2.75) is 19.4 Å². The minimum atomic E-state index is 0.562. The minimum Gasteiger partial charge on any atom is -0.489 e. The Morgan fingerprint density at radius 2 is 1.33 bits per heavy atom. The van der Waals surface area contributed by atoms with Gasteiger partial charge in [0.25, 0.3) is 0 Å². The summed E-state index contributed by atoms with van der Waals surface area (Å²) in [5.41, 5.74) is 4.15. The topological polar surface area (TPSA) is 33.0 Å². The first-order valence-electron chi connectivity index (χ1n) is 8.09. The smallest absolute Gasteiger partial charge is 0.123 e. The van der Waals surface area contributed by atoms with Gasteiger partial charge < -0.3 is 4.74 Å². The van der Waals surface area contributed by atoms with Crippen LogP contribution in [0.25, 0.3) is 0 Å². The zero-order valence-corrected chi connectivity index (χ0v) is 13.5. The van der Waals surface area contributed by atoms with Gasteiger partial charge in [-0.25, -0.2) is 0 Å². The van der Waals surface area contributed by atoms with Gasteiger partial charge in [0.1, 0.15) is 12.4 Å². The fourth-order valence-electron chi connectivity index (χ4n) is 2.70. The van der Waals surface area contributed by atoms with Gasteiger partial charge in [0, 0.05) is 0 Å². The molecule has 3 rings (SSSR count). The van der Waals surface area contributed by atoms with Crippen LogP contribution in [0.4, 0.5) is 0 Å². The van der Waals surface area contributed by atoms with Crippen molar-refractivity contribution in [2.75, 3.05) is 0 Å². The normalized spacial score (nSPS) is 10.1. The number of aryl methyl sites for hydroxylation is 2. The van der Waals surface area contributed by atoms with Crippen LogP contribution in [0.1, 0.15) is 22.3 Å². The van der Waals surface area contributed by atoms with Gasteiger partial charge in [-0.2, -0.15) is 5.26 Å². The number of para-hydroxylation sites is 1. The molecule has 2 nitrogen and oxygen atoms in total. The lowest BCUT2D eigenvalue weighted by Crippen LogP contribution is -2.00. The first-order valence-corrected chi connectivity index (χ1v) is 8.09. The van der Waals surface area contributed by atoms with E-state index in [1.807, 2.05) is 60.7 Å². The molecule has 0 aliphatic heterocycles. The number of rotatable bonds is 6. The lowest BCUT2D eigenvalue weighted by atomic mass is 10.00. The number of ether oxygens (including phenoxy) is 1. The van der Waals surface area contributed by atoms with Crippen molar-refractivity contribution in [3.05, 3.63) is 101 Å². The van der Waals surface area contributed by atoms with Crippen molar-refractivity contribution < 1.29 is 4.74 Å². The summed E-state index contributed by atoms with van der Waals surface area (Å²) in [6.07, 6.45) is 1.68. The minimum absolute atomic E-state index is 0.562. The summed E-state index contributed by atoms with van der Waals surface area (Å²) in [5.74, 6) is 0.913. The van der Waals surface area contributed by atoms with E-state index < -0.39 is 0 Å². The molecule has 0 aromatic heterocycles. The Balaban J connectivity index is 1.69. The van der Waals surface area contributed by atoms with Crippen molar-refractivity contribution in [2.24, 2.45) is 0 Å². The average molecular weight is 313 g/mol. The summed E-state index contributed by atoms with van der Waals surface area (Å²) in [6, 6.07) is 28.3. The molecule has 0 heterocycles. The molecule has 0 saturated carbocycles. The monoisotopic (exact) mass is 313 g/mol. The van der Waals surface area contributed by atoms with Crippen LogP contribution in [-0.2, 0) is 19.4 Å². The van der Waals surface area contributed by atoms with E-state index in [1.54, 1.807) is 0 Å². The Labute approximate surface area is 143 Å². The Bertz CT molecular complexity index is 834. The van der Waals surface area contributed by atoms with Crippen molar-refractivity contribution in [3.63, 3.8) is 0 Å². The van der Waals surface area contributed by atoms with Gasteiger partial charge in [-0.3, -0.25) is 0 Å². The highest BCUT2D eigenvalue weighted by Gasteiger charge is 2.06. The first kappa shape index (κ1) is 15.8. The second-order valence-corrected chi connectivity index (χ2v) is 5.65. The van der Waals surface area contributed by atoms with Crippen molar-refractivity contribution >= 4 is 0 Å². The van der Waals surface area contributed by atoms with Crippen LogP contribution in [-0.4, -0.2) is 0 Å².